The minimum Gasteiger partial charge on any atom is -0.496 e. The number of rotatable bonds is 6. The molecule has 88 valence electrons. The van der Waals surface area contributed by atoms with Crippen LogP contribution in [-0.2, 0) is 22.6 Å². The Kier molecular flexibility index (Phi) is 4.92. The van der Waals surface area contributed by atoms with Gasteiger partial charge in [-0.25, -0.2) is 4.39 Å². The van der Waals surface area contributed by atoms with Gasteiger partial charge < -0.3 is 14.3 Å². The maximum absolute atomic E-state index is 13.2. The second kappa shape index (κ2) is 6.23. The number of hydrogen-bond acceptors (Lipinski definition) is 3. The van der Waals surface area contributed by atoms with Crippen LogP contribution in [0.4, 0.5) is 4.39 Å². The summed E-state index contributed by atoms with van der Waals surface area (Å²) < 4.78 is 23.3. The van der Waals surface area contributed by atoms with Crippen LogP contribution < -0.4 is 4.74 Å². The lowest BCUT2D eigenvalue weighted by Crippen LogP contribution is -2.02. The molecule has 0 aliphatic heterocycles. The monoisotopic (exact) mass is 226 g/mol. The summed E-state index contributed by atoms with van der Waals surface area (Å²) in [5.41, 5.74) is 1.55. The molecule has 0 fully saturated rings. The van der Waals surface area contributed by atoms with Crippen molar-refractivity contribution in [2.24, 2.45) is 0 Å². The highest BCUT2D eigenvalue weighted by Gasteiger charge is 2.11. The van der Waals surface area contributed by atoms with Gasteiger partial charge in [0.1, 0.15) is 17.9 Å². The largest absolute Gasteiger partial charge is 0.496 e. The summed E-state index contributed by atoms with van der Waals surface area (Å²) in [6.07, 6.45) is 1.75. The van der Waals surface area contributed by atoms with Crippen molar-refractivity contribution < 1.29 is 18.7 Å². The minimum absolute atomic E-state index is 0.308. The lowest BCUT2D eigenvalue weighted by atomic mass is 10.0. The molecule has 4 heteroatoms. The normalized spacial score (nSPS) is 10.2. The molecule has 1 rings (SSSR count). The number of ether oxygens (including phenoxy) is 2. The number of hydrogen-bond donors (Lipinski definition) is 0. The molecule has 1 aromatic carbocycles. The van der Waals surface area contributed by atoms with Crippen LogP contribution in [-0.4, -0.2) is 20.5 Å². The maximum atomic E-state index is 13.2. The van der Waals surface area contributed by atoms with Crippen molar-refractivity contribution >= 4 is 6.29 Å². The van der Waals surface area contributed by atoms with Gasteiger partial charge in [-0.2, -0.15) is 0 Å². The van der Waals surface area contributed by atoms with Gasteiger partial charge in [0.25, 0.3) is 0 Å². The Bertz CT molecular complexity index is 364. The van der Waals surface area contributed by atoms with E-state index in [4.69, 9.17) is 9.47 Å². The predicted molar refractivity (Wildman–Crippen MR) is 58.1 cm³/mol. The van der Waals surface area contributed by atoms with Gasteiger partial charge in [0.05, 0.1) is 13.7 Å². The first-order valence-electron chi connectivity index (χ1n) is 5.00. The molecular formula is C12H15FO3. The first-order chi connectivity index (χ1) is 7.72. The molecule has 0 spiro atoms. The molecule has 3 nitrogen and oxygen atoms in total. The molecule has 0 saturated heterocycles. The van der Waals surface area contributed by atoms with Gasteiger partial charge >= 0.3 is 0 Å². The fraction of sp³-hybridized carbons (Fsp3) is 0.417. The second-order valence-corrected chi connectivity index (χ2v) is 3.38. The molecule has 0 aliphatic carbocycles. The molecule has 0 N–H and O–H groups in total. The topological polar surface area (TPSA) is 35.5 Å². The van der Waals surface area contributed by atoms with Crippen LogP contribution in [0.3, 0.4) is 0 Å². The van der Waals surface area contributed by atoms with Gasteiger partial charge in [-0.3, -0.25) is 0 Å². The predicted octanol–water partition coefficient (Wildman–Crippen LogP) is 2.11. The van der Waals surface area contributed by atoms with Gasteiger partial charge in [-0.1, -0.05) is 0 Å². The van der Waals surface area contributed by atoms with Crippen molar-refractivity contribution in [3.63, 3.8) is 0 Å². The van der Waals surface area contributed by atoms with Crippen LogP contribution in [0, 0.1) is 5.82 Å². The van der Waals surface area contributed by atoms with Crippen molar-refractivity contribution in [1.29, 1.82) is 0 Å². The van der Waals surface area contributed by atoms with Gasteiger partial charge in [-0.05, 0) is 18.1 Å². The number of halogens is 1. The number of carbonyl (C=O) groups is 1. The molecule has 0 heterocycles. The molecule has 0 aromatic heterocycles. The second-order valence-electron chi connectivity index (χ2n) is 3.38. The number of aldehydes is 1. The average molecular weight is 226 g/mol. The highest BCUT2D eigenvalue weighted by atomic mass is 19.1. The standard InChI is InChI=1S/C12H15FO3/c1-15-8-9-6-10(13)7-12(16-2)11(9)4-3-5-14/h5-7H,3-4,8H2,1-2H3. The summed E-state index contributed by atoms with van der Waals surface area (Å²) in [6.45, 7) is 0.308. The Morgan fingerprint density at radius 2 is 2.12 bits per heavy atom. The Balaban J connectivity index is 3.10. The van der Waals surface area contributed by atoms with E-state index < -0.39 is 0 Å². The van der Waals surface area contributed by atoms with E-state index in [1.807, 2.05) is 0 Å². The SMILES string of the molecule is COCc1cc(F)cc(OC)c1CCC=O. The number of carbonyl (C=O) groups excluding carboxylic acids is 1. The minimum atomic E-state index is -0.362. The van der Waals surface area contributed by atoms with Gasteiger partial charge in [0.2, 0.25) is 0 Å². The van der Waals surface area contributed by atoms with Crippen molar-refractivity contribution in [2.45, 2.75) is 19.4 Å². The first-order valence-corrected chi connectivity index (χ1v) is 5.00. The molecule has 0 aliphatic rings. The molecule has 0 amide bonds. The summed E-state index contributed by atoms with van der Waals surface area (Å²) in [5, 5.41) is 0. The Labute approximate surface area is 94.2 Å². The van der Waals surface area contributed by atoms with Crippen molar-refractivity contribution in [3.8, 4) is 5.75 Å². The van der Waals surface area contributed by atoms with Crippen LogP contribution in [0.25, 0.3) is 0 Å². The van der Waals surface area contributed by atoms with Crippen LogP contribution in [0.2, 0.25) is 0 Å². The lowest BCUT2D eigenvalue weighted by molar-refractivity contribution is -0.107. The molecule has 0 atom stereocenters. The van der Waals surface area contributed by atoms with E-state index in [9.17, 15) is 9.18 Å². The maximum Gasteiger partial charge on any atom is 0.127 e. The average Bonchev–Trinajstić information content (AvgIpc) is 2.27. The molecule has 1 aromatic rings. The van der Waals surface area contributed by atoms with Crippen molar-refractivity contribution in [1.82, 2.24) is 0 Å². The molecular weight excluding hydrogens is 211 g/mol. The third-order valence-electron chi connectivity index (χ3n) is 2.30. The number of benzene rings is 1. The van der Waals surface area contributed by atoms with Gasteiger partial charge in [-0.15, -0.1) is 0 Å². The Morgan fingerprint density at radius 1 is 1.38 bits per heavy atom. The smallest absolute Gasteiger partial charge is 0.127 e. The van der Waals surface area contributed by atoms with E-state index in [1.54, 1.807) is 7.11 Å². The zero-order valence-electron chi connectivity index (χ0n) is 9.46. The van der Waals surface area contributed by atoms with Crippen molar-refractivity contribution in [2.75, 3.05) is 14.2 Å². The summed E-state index contributed by atoms with van der Waals surface area (Å²) in [4.78, 5) is 10.4. The zero-order chi connectivity index (χ0) is 12.0. The van der Waals surface area contributed by atoms with Crippen LogP contribution >= 0.6 is 0 Å². The molecule has 0 unspecified atom stereocenters. The molecule has 16 heavy (non-hydrogen) atoms. The highest BCUT2D eigenvalue weighted by molar-refractivity contribution is 5.52. The van der Waals surface area contributed by atoms with Crippen molar-refractivity contribution in [3.05, 3.63) is 29.1 Å². The van der Waals surface area contributed by atoms with E-state index in [0.29, 0.717) is 25.2 Å². The quantitative estimate of drug-likeness (QED) is 0.697. The Hall–Kier alpha value is -1.42. The van der Waals surface area contributed by atoms with E-state index in [0.717, 1.165) is 17.4 Å². The molecule has 0 radical (unpaired) electrons. The fourth-order valence-electron chi connectivity index (χ4n) is 1.62. The first kappa shape index (κ1) is 12.6. The lowest BCUT2D eigenvalue weighted by Gasteiger charge is -2.13. The third-order valence-corrected chi connectivity index (χ3v) is 2.30. The van der Waals surface area contributed by atoms with E-state index in [2.05, 4.69) is 0 Å². The fourth-order valence-corrected chi connectivity index (χ4v) is 1.62. The highest BCUT2D eigenvalue weighted by Crippen LogP contribution is 2.26. The van der Waals surface area contributed by atoms with Crippen LogP contribution in [0.15, 0.2) is 12.1 Å². The van der Waals surface area contributed by atoms with Crippen LogP contribution in [0.1, 0.15) is 17.5 Å². The van der Waals surface area contributed by atoms with Crippen LogP contribution in [0.5, 0.6) is 5.75 Å². The summed E-state index contributed by atoms with van der Waals surface area (Å²) >= 11 is 0. The summed E-state index contributed by atoms with van der Waals surface area (Å²) in [7, 11) is 3.02. The summed E-state index contributed by atoms with van der Waals surface area (Å²) in [5.74, 6) is 0.104. The Morgan fingerprint density at radius 3 is 2.69 bits per heavy atom. The number of methoxy groups -OCH3 is 2. The zero-order valence-corrected chi connectivity index (χ0v) is 9.46. The van der Waals surface area contributed by atoms with E-state index >= 15 is 0 Å². The van der Waals surface area contributed by atoms with Gasteiger partial charge in [0, 0.05) is 25.2 Å². The molecule has 0 saturated carbocycles. The van der Waals surface area contributed by atoms with Gasteiger partial charge in [0.15, 0.2) is 0 Å². The third kappa shape index (κ3) is 3.03. The van der Waals surface area contributed by atoms with E-state index in [-0.39, 0.29) is 5.82 Å². The molecule has 0 bridgehead atoms. The summed E-state index contributed by atoms with van der Waals surface area (Å²) in [6, 6.07) is 2.73. The van der Waals surface area contributed by atoms with E-state index in [1.165, 1.54) is 19.2 Å².